The minimum absolute atomic E-state index is 0.0589. The molecule has 2 aromatic rings. The Labute approximate surface area is 150 Å². The average molecular weight is 362 g/mol. The number of amides is 2. The van der Waals surface area contributed by atoms with E-state index in [-0.39, 0.29) is 24.4 Å². The first-order valence-corrected chi connectivity index (χ1v) is 8.37. The average Bonchev–Trinajstić information content (AvgIpc) is 2.60. The summed E-state index contributed by atoms with van der Waals surface area (Å²) >= 11 is 0. The molecule has 0 saturated carbocycles. The molecule has 0 unspecified atom stereocenters. The van der Waals surface area contributed by atoms with Crippen LogP contribution in [0, 0.1) is 11.6 Å². The summed E-state index contributed by atoms with van der Waals surface area (Å²) in [6.07, 6.45) is 0. The van der Waals surface area contributed by atoms with E-state index in [9.17, 15) is 18.4 Å². The maximum absolute atomic E-state index is 13.8. The number of hydrogen-bond donors (Lipinski definition) is 3. The van der Waals surface area contributed by atoms with Crippen molar-refractivity contribution in [3.63, 3.8) is 0 Å². The van der Waals surface area contributed by atoms with Gasteiger partial charge in [-0.2, -0.15) is 0 Å². The van der Waals surface area contributed by atoms with Crippen molar-refractivity contribution in [2.45, 2.75) is 19.9 Å². The highest BCUT2D eigenvalue weighted by Gasteiger charge is 2.16. The van der Waals surface area contributed by atoms with E-state index >= 15 is 0 Å². The lowest BCUT2D eigenvalue weighted by Gasteiger charge is -2.12. The fraction of sp³-hybridized carbons (Fsp3) is 0.263. The molecule has 0 aliphatic rings. The molecule has 7 heteroatoms. The number of hydrogen-bond acceptors (Lipinski definition) is 2. The number of carbonyl (C=O) groups is 2. The number of rotatable bonds is 7. The molecule has 5 nitrogen and oxygen atoms in total. The van der Waals surface area contributed by atoms with Crippen LogP contribution in [-0.2, 0) is 4.79 Å². The van der Waals surface area contributed by atoms with E-state index in [1.165, 1.54) is 12.1 Å². The molecule has 138 valence electrons. The zero-order chi connectivity index (χ0) is 19.1. The standard InChI is InChI=1S/C19H21F2N3O2/c1-3-22-19(26)13-5-4-6-15(9-13)24-18(25)11-23-12(2)16-8-7-14(20)10-17(16)21/h4-10,12,23H,3,11H2,1-2H3,(H,22,26)(H,24,25)/p+1/t12-/m0/s1. The van der Waals surface area contributed by atoms with Gasteiger partial charge in [0.25, 0.3) is 11.8 Å². The molecule has 0 fully saturated rings. The van der Waals surface area contributed by atoms with E-state index < -0.39 is 11.6 Å². The molecule has 26 heavy (non-hydrogen) atoms. The van der Waals surface area contributed by atoms with Gasteiger partial charge in [-0.05, 0) is 44.2 Å². The summed E-state index contributed by atoms with van der Waals surface area (Å²) in [6, 6.07) is 9.66. The Morgan fingerprint density at radius 1 is 1.15 bits per heavy atom. The summed E-state index contributed by atoms with van der Waals surface area (Å²) in [5.41, 5.74) is 1.29. The molecule has 2 amide bonds. The first-order valence-electron chi connectivity index (χ1n) is 8.37. The second kappa shape index (κ2) is 9.05. The normalized spacial score (nSPS) is 11.7. The van der Waals surface area contributed by atoms with Gasteiger partial charge in [0.1, 0.15) is 17.7 Å². The fourth-order valence-electron chi connectivity index (χ4n) is 2.49. The summed E-state index contributed by atoms with van der Waals surface area (Å²) in [5.74, 6) is -1.77. The van der Waals surface area contributed by atoms with Gasteiger partial charge in [-0.3, -0.25) is 9.59 Å². The summed E-state index contributed by atoms with van der Waals surface area (Å²) in [7, 11) is 0. The molecule has 1 atom stereocenters. The van der Waals surface area contributed by atoms with Crippen LogP contribution in [0.2, 0.25) is 0 Å². The molecular weight excluding hydrogens is 340 g/mol. The second-order valence-electron chi connectivity index (χ2n) is 5.88. The zero-order valence-electron chi connectivity index (χ0n) is 14.7. The van der Waals surface area contributed by atoms with E-state index in [0.29, 0.717) is 23.4 Å². The Morgan fingerprint density at radius 3 is 2.62 bits per heavy atom. The molecule has 0 radical (unpaired) electrons. The lowest BCUT2D eigenvalue weighted by Crippen LogP contribution is -2.86. The molecule has 0 spiro atoms. The van der Waals surface area contributed by atoms with Crippen LogP contribution in [0.15, 0.2) is 42.5 Å². The number of quaternary nitrogens is 1. The number of nitrogens with one attached hydrogen (secondary N) is 2. The summed E-state index contributed by atoms with van der Waals surface area (Å²) in [6.45, 7) is 4.13. The van der Waals surface area contributed by atoms with Crippen LogP contribution in [-0.4, -0.2) is 24.9 Å². The molecule has 0 bridgehead atoms. The Morgan fingerprint density at radius 2 is 1.92 bits per heavy atom. The molecule has 2 aromatic carbocycles. The van der Waals surface area contributed by atoms with Gasteiger partial charge in [0.2, 0.25) is 0 Å². The molecule has 0 heterocycles. The molecule has 0 aliphatic carbocycles. The highest BCUT2D eigenvalue weighted by atomic mass is 19.1. The van der Waals surface area contributed by atoms with Crippen molar-refractivity contribution in [2.75, 3.05) is 18.4 Å². The predicted octanol–water partition coefficient (Wildman–Crippen LogP) is 1.98. The number of benzene rings is 2. The van der Waals surface area contributed by atoms with E-state index in [1.54, 1.807) is 36.5 Å². The summed E-state index contributed by atoms with van der Waals surface area (Å²) in [5, 5.41) is 7.05. The number of carbonyl (C=O) groups excluding carboxylic acids is 2. The van der Waals surface area contributed by atoms with Crippen molar-refractivity contribution in [3.8, 4) is 0 Å². The SMILES string of the molecule is CCNC(=O)c1cccc(NC(=O)C[NH2+][C@@H](C)c2ccc(F)cc2F)c1. The minimum atomic E-state index is -0.636. The van der Waals surface area contributed by atoms with Crippen LogP contribution in [0.25, 0.3) is 0 Å². The van der Waals surface area contributed by atoms with E-state index in [4.69, 9.17) is 0 Å². The van der Waals surface area contributed by atoms with E-state index in [0.717, 1.165) is 6.07 Å². The van der Waals surface area contributed by atoms with Gasteiger partial charge in [0, 0.05) is 29.4 Å². The molecular formula is C19H22F2N3O2+. The fourth-order valence-corrected chi connectivity index (χ4v) is 2.49. The molecule has 0 saturated heterocycles. The first kappa shape index (κ1) is 19.5. The highest BCUT2D eigenvalue weighted by Crippen LogP contribution is 2.15. The Hall–Kier alpha value is -2.80. The zero-order valence-corrected chi connectivity index (χ0v) is 14.7. The van der Waals surface area contributed by atoms with Gasteiger partial charge in [0.05, 0.1) is 0 Å². The van der Waals surface area contributed by atoms with Gasteiger partial charge in [0.15, 0.2) is 6.54 Å². The van der Waals surface area contributed by atoms with Crippen LogP contribution in [0.1, 0.15) is 35.8 Å². The summed E-state index contributed by atoms with van der Waals surface area (Å²) in [4.78, 5) is 23.9. The van der Waals surface area contributed by atoms with Gasteiger partial charge >= 0.3 is 0 Å². The molecule has 4 N–H and O–H groups in total. The van der Waals surface area contributed by atoms with Gasteiger partial charge in [-0.1, -0.05) is 6.07 Å². The highest BCUT2D eigenvalue weighted by molar-refractivity contribution is 5.97. The van der Waals surface area contributed by atoms with Crippen LogP contribution in [0.5, 0.6) is 0 Å². The van der Waals surface area contributed by atoms with E-state index in [2.05, 4.69) is 10.6 Å². The van der Waals surface area contributed by atoms with Crippen LogP contribution < -0.4 is 16.0 Å². The minimum Gasteiger partial charge on any atom is -0.352 e. The van der Waals surface area contributed by atoms with Crippen molar-refractivity contribution in [3.05, 3.63) is 65.2 Å². The Balaban J connectivity index is 1.92. The van der Waals surface area contributed by atoms with Crippen molar-refractivity contribution in [1.82, 2.24) is 5.32 Å². The maximum atomic E-state index is 13.8. The molecule has 0 aromatic heterocycles. The number of anilines is 1. The van der Waals surface area contributed by atoms with E-state index in [1.807, 2.05) is 6.92 Å². The number of nitrogens with two attached hydrogens (primary N) is 1. The lowest BCUT2D eigenvalue weighted by atomic mass is 10.1. The van der Waals surface area contributed by atoms with Crippen LogP contribution >= 0.6 is 0 Å². The predicted molar refractivity (Wildman–Crippen MR) is 94.6 cm³/mol. The smallest absolute Gasteiger partial charge is 0.279 e. The van der Waals surface area contributed by atoms with Gasteiger partial charge in [-0.15, -0.1) is 0 Å². The van der Waals surface area contributed by atoms with Crippen molar-refractivity contribution < 1.29 is 23.7 Å². The third-order valence-electron chi connectivity index (χ3n) is 3.86. The maximum Gasteiger partial charge on any atom is 0.279 e. The Bertz CT molecular complexity index is 796. The van der Waals surface area contributed by atoms with Crippen LogP contribution in [0.4, 0.5) is 14.5 Å². The molecule has 0 aliphatic heterocycles. The largest absolute Gasteiger partial charge is 0.352 e. The monoisotopic (exact) mass is 362 g/mol. The number of halogens is 2. The quantitative estimate of drug-likeness (QED) is 0.705. The second-order valence-corrected chi connectivity index (χ2v) is 5.88. The van der Waals surface area contributed by atoms with Crippen molar-refractivity contribution >= 4 is 17.5 Å². The van der Waals surface area contributed by atoms with Crippen molar-refractivity contribution in [2.24, 2.45) is 0 Å². The third-order valence-corrected chi connectivity index (χ3v) is 3.86. The Kier molecular flexibility index (Phi) is 6.80. The topological polar surface area (TPSA) is 74.8 Å². The molecule has 2 rings (SSSR count). The van der Waals surface area contributed by atoms with Gasteiger partial charge < -0.3 is 16.0 Å². The van der Waals surface area contributed by atoms with Gasteiger partial charge in [-0.25, -0.2) is 8.78 Å². The lowest BCUT2D eigenvalue weighted by molar-refractivity contribution is -0.682. The van der Waals surface area contributed by atoms with Crippen LogP contribution in [0.3, 0.4) is 0 Å². The first-order chi connectivity index (χ1) is 12.4. The third kappa shape index (κ3) is 5.35. The summed E-state index contributed by atoms with van der Waals surface area (Å²) < 4.78 is 26.7. The van der Waals surface area contributed by atoms with Crippen molar-refractivity contribution in [1.29, 1.82) is 0 Å².